The highest BCUT2D eigenvalue weighted by molar-refractivity contribution is 9.10. The van der Waals surface area contributed by atoms with Crippen molar-refractivity contribution in [3.05, 3.63) is 59.1 Å². The topological polar surface area (TPSA) is 60.5 Å². The summed E-state index contributed by atoms with van der Waals surface area (Å²) < 4.78 is 12.0. The third-order valence-corrected chi connectivity index (χ3v) is 5.17. The summed E-state index contributed by atoms with van der Waals surface area (Å²) in [4.78, 5) is 16.5. The molecule has 2 unspecified atom stereocenters. The molecule has 138 valence electrons. The lowest BCUT2D eigenvalue weighted by atomic mass is 10.0. The third-order valence-electron chi connectivity index (χ3n) is 4.68. The number of carbonyl (C=O) groups is 1. The van der Waals surface area contributed by atoms with E-state index in [4.69, 9.17) is 14.5 Å². The number of rotatable bonds is 4. The van der Waals surface area contributed by atoms with Gasteiger partial charge in [-0.05, 0) is 29.8 Å². The highest BCUT2D eigenvalue weighted by Gasteiger charge is 2.32. The molecular weight excluding hydrogens is 408 g/mol. The first-order valence-corrected chi connectivity index (χ1v) is 9.57. The lowest BCUT2D eigenvalue weighted by Crippen LogP contribution is -2.31. The Morgan fingerprint density at radius 1 is 1.19 bits per heavy atom. The van der Waals surface area contributed by atoms with E-state index in [1.54, 1.807) is 0 Å². The van der Waals surface area contributed by atoms with Gasteiger partial charge in [-0.3, -0.25) is 4.79 Å². The van der Waals surface area contributed by atoms with Crippen molar-refractivity contribution in [2.75, 3.05) is 13.7 Å². The number of fused-ring (bicyclic) bond motifs is 1. The Hall–Kier alpha value is -2.44. The summed E-state index contributed by atoms with van der Waals surface area (Å²) >= 11 is 3.53. The smallest absolute Gasteiger partial charge is 0.323 e. The molecule has 0 aliphatic carbocycles. The van der Waals surface area contributed by atoms with Crippen LogP contribution in [0.2, 0.25) is 0 Å². The van der Waals surface area contributed by atoms with Gasteiger partial charge >= 0.3 is 5.97 Å². The zero-order valence-corrected chi connectivity index (χ0v) is 16.4. The average Bonchev–Trinajstić information content (AvgIpc) is 3.15. The number of ether oxygens (including phenoxy) is 2. The maximum atomic E-state index is 11.8. The molecule has 2 aromatic carbocycles. The fraction of sp³-hybridized carbons (Fsp3) is 0.238. The normalized spacial score (nSPS) is 19.2. The van der Waals surface area contributed by atoms with Gasteiger partial charge in [-0.2, -0.15) is 0 Å². The van der Waals surface area contributed by atoms with Crippen LogP contribution in [-0.4, -0.2) is 36.8 Å². The predicted molar refractivity (Wildman–Crippen MR) is 108 cm³/mol. The van der Waals surface area contributed by atoms with Crippen LogP contribution >= 0.6 is 15.9 Å². The van der Waals surface area contributed by atoms with Gasteiger partial charge in [0.15, 0.2) is 0 Å². The van der Waals surface area contributed by atoms with E-state index < -0.39 is 0 Å². The zero-order chi connectivity index (χ0) is 18.8. The number of para-hydroxylation sites is 1. The summed E-state index contributed by atoms with van der Waals surface area (Å²) in [7, 11) is 1.40. The number of esters is 1. The first-order valence-electron chi connectivity index (χ1n) is 8.77. The average molecular weight is 427 g/mol. The van der Waals surface area contributed by atoms with Crippen molar-refractivity contribution in [1.82, 2.24) is 10.3 Å². The highest BCUT2D eigenvalue weighted by atomic mass is 79.9. The summed E-state index contributed by atoms with van der Waals surface area (Å²) in [6.45, 7) is 0.576. The summed E-state index contributed by atoms with van der Waals surface area (Å²) in [5.74, 6) is 0.309. The van der Waals surface area contributed by atoms with Gasteiger partial charge in [-0.25, -0.2) is 4.98 Å². The van der Waals surface area contributed by atoms with Crippen LogP contribution < -0.4 is 10.1 Å². The molecule has 0 bridgehead atoms. The number of hydrogen-bond donors (Lipinski definition) is 1. The zero-order valence-electron chi connectivity index (χ0n) is 14.8. The van der Waals surface area contributed by atoms with Crippen LogP contribution in [-0.2, 0) is 9.53 Å². The van der Waals surface area contributed by atoms with E-state index in [1.165, 1.54) is 7.11 Å². The molecule has 1 aliphatic rings. The molecule has 1 fully saturated rings. The number of methoxy groups -OCH3 is 1. The van der Waals surface area contributed by atoms with E-state index in [2.05, 4.69) is 27.3 Å². The van der Waals surface area contributed by atoms with Gasteiger partial charge in [-0.15, -0.1) is 0 Å². The molecule has 27 heavy (non-hydrogen) atoms. The van der Waals surface area contributed by atoms with Crippen molar-refractivity contribution in [2.24, 2.45) is 0 Å². The molecule has 4 rings (SSSR count). The maximum absolute atomic E-state index is 11.8. The molecule has 0 amide bonds. The molecule has 5 nitrogen and oxygen atoms in total. The van der Waals surface area contributed by atoms with Gasteiger partial charge in [-0.1, -0.05) is 46.3 Å². The molecule has 0 radical (unpaired) electrons. The summed E-state index contributed by atoms with van der Waals surface area (Å²) in [5, 5.41) is 4.20. The molecule has 2 heterocycles. The lowest BCUT2D eigenvalue weighted by molar-refractivity contribution is -0.142. The minimum atomic E-state index is -0.338. The summed E-state index contributed by atoms with van der Waals surface area (Å²) in [6.07, 6.45) is 0.410. The first kappa shape index (κ1) is 17.9. The number of benzene rings is 2. The van der Waals surface area contributed by atoms with Crippen LogP contribution in [0, 0.1) is 0 Å². The predicted octanol–water partition coefficient (Wildman–Crippen LogP) is 3.95. The number of nitrogens with zero attached hydrogens (tertiary/aromatic N) is 1. The van der Waals surface area contributed by atoms with Crippen LogP contribution in [0.5, 0.6) is 5.88 Å². The van der Waals surface area contributed by atoms with E-state index >= 15 is 0 Å². The molecule has 1 saturated heterocycles. The number of halogens is 1. The Balaban J connectivity index is 1.70. The second-order valence-electron chi connectivity index (χ2n) is 6.50. The number of carbonyl (C=O) groups excluding carboxylic acids is 1. The Labute approximate surface area is 165 Å². The van der Waals surface area contributed by atoms with Crippen molar-refractivity contribution in [2.45, 2.75) is 18.6 Å². The van der Waals surface area contributed by atoms with Crippen molar-refractivity contribution in [1.29, 1.82) is 0 Å². The Morgan fingerprint density at radius 3 is 2.85 bits per heavy atom. The van der Waals surface area contributed by atoms with E-state index in [0.717, 1.165) is 26.5 Å². The molecule has 1 N–H and O–H groups in total. The van der Waals surface area contributed by atoms with Crippen molar-refractivity contribution in [3.8, 4) is 17.0 Å². The van der Waals surface area contributed by atoms with Crippen LogP contribution in [0.1, 0.15) is 6.42 Å². The molecule has 3 aromatic rings. The number of aromatic nitrogens is 1. The second kappa shape index (κ2) is 7.66. The molecule has 1 aromatic heterocycles. The standard InChI is InChI=1S/C21H19BrN2O3/c1-26-21(25)19-11-16(12-23-19)27-20-17(13-6-4-7-15(22)9-13)10-14-5-2-3-8-18(14)24-20/h2-10,16,19,23H,11-12H2,1H3. The fourth-order valence-electron chi connectivity index (χ4n) is 3.32. The van der Waals surface area contributed by atoms with E-state index in [0.29, 0.717) is 18.8 Å². The fourth-order valence-corrected chi connectivity index (χ4v) is 3.72. The summed E-state index contributed by atoms with van der Waals surface area (Å²) in [5.41, 5.74) is 2.83. The number of pyridine rings is 1. The maximum Gasteiger partial charge on any atom is 0.323 e. The molecule has 0 saturated carbocycles. The van der Waals surface area contributed by atoms with Gasteiger partial charge < -0.3 is 14.8 Å². The molecule has 6 heteroatoms. The van der Waals surface area contributed by atoms with E-state index in [1.807, 2.05) is 48.5 Å². The first-order chi connectivity index (χ1) is 13.1. The largest absolute Gasteiger partial charge is 0.472 e. The quantitative estimate of drug-likeness (QED) is 0.640. The van der Waals surface area contributed by atoms with E-state index in [-0.39, 0.29) is 18.1 Å². The van der Waals surface area contributed by atoms with Crippen molar-refractivity contribution >= 4 is 32.8 Å². The lowest BCUT2D eigenvalue weighted by Gasteiger charge is -2.16. The monoisotopic (exact) mass is 426 g/mol. The summed E-state index contributed by atoms with van der Waals surface area (Å²) in [6, 6.07) is 17.8. The van der Waals surface area contributed by atoms with Crippen molar-refractivity contribution < 1.29 is 14.3 Å². The van der Waals surface area contributed by atoms with Crippen molar-refractivity contribution in [3.63, 3.8) is 0 Å². The molecule has 2 atom stereocenters. The molecule has 1 aliphatic heterocycles. The van der Waals surface area contributed by atoms with Crippen LogP contribution in [0.3, 0.4) is 0 Å². The van der Waals surface area contributed by atoms with Gasteiger partial charge in [0.25, 0.3) is 0 Å². The van der Waals surface area contributed by atoms with Gasteiger partial charge in [0.1, 0.15) is 12.1 Å². The van der Waals surface area contributed by atoms with Crippen LogP contribution in [0.25, 0.3) is 22.0 Å². The van der Waals surface area contributed by atoms with Gasteiger partial charge in [0.05, 0.1) is 12.6 Å². The Kier molecular flexibility index (Phi) is 5.09. The number of nitrogens with one attached hydrogen (secondary N) is 1. The third kappa shape index (κ3) is 3.82. The minimum absolute atomic E-state index is 0.145. The molecule has 0 spiro atoms. The van der Waals surface area contributed by atoms with Crippen LogP contribution in [0.4, 0.5) is 0 Å². The van der Waals surface area contributed by atoms with Crippen LogP contribution in [0.15, 0.2) is 59.1 Å². The second-order valence-corrected chi connectivity index (χ2v) is 7.42. The highest BCUT2D eigenvalue weighted by Crippen LogP contribution is 2.34. The minimum Gasteiger partial charge on any atom is -0.472 e. The van der Waals surface area contributed by atoms with E-state index in [9.17, 15) is 4.79 Å². The Bertz CT molecular complexity index is 992. The molecular formula is C21H19BrN2O3. The van der Waals surface area contributed by atoms with Gasteiger partial charge in [0, 0.05) is 28.4 Å². The Morgan fingerprint density at radius 2 is 2.04 bits per heavy atom. The van der Waals surface area contributed by atoms with Gasteiger partial charge in [0.2, 0.25) is 5.88 Å². The SMILES string of the molecule is COC(=O)C1CC(Oc2nc3ccccc3cc2-c2cccc(Br)c2)CN1. The number of hydrogen-bond acceptors (Lipinski definition) is 5.